The molecule has 0 saturated carbocycles. The molecule has 2 heterocycles. The fourth-order valence-electron chi connectivity index (χ4n) is 2.66. The van der Waals surface area contributed by atoms with E-state index in [1.165, 1.54) is 11.3 Å². The maximum Gasteiger partial charge on any atom is 0.261 e. The van der Waals surface area contributed by atoms with Crippen molar-refractivity contribution in [2.24, 2.45) is 0 Å². The average molecular weight is 414 g/mol. The molecular formula is C20H13Cl2N3OS. The Morgan fingerprint density at radius 3 is 2.63 bits per heavy atom. The summed E-state index contributed by atoms with van der Waals surface area (Å²) in [5.74, 6) is -0.226. The van der Waals surface area contributed by atoms with Gasteiger partial charge in [-0.15, -0.1) is 0 Å². The standard InChI is InChI=1S/C20H13Cl2N3OS/c21-13-8-9-17-18(11-13)27-20(24-17)25(12-14-5-3-4-10-23-14)19(26)15-6-1-2-7-16(15)22/h1-11H,12H2. The van der Waals surface area contributed by atoms with Gasteiger partial charge in [-0.05, 0) is 42.5 Å². The van der Waals surface area contributed by atoms with Crippen molar-refractivity contribution in [2.45, 2.75) is 6.54 Å². The Morgan fingerprint density at radius 1 is 1.04 bits per heavy atom. The number of carbonyl (C=O) groups excluding carboxylic acids is 1. The molecule has 7 heteroatoms. The maximum absolute atomic E-state index is 13.3. The topological polar surface area (TPSA) is 46.1 Å². The summed E-state index contributed by atoms with van der Waals surface area (Å²) in [6.45, 7) is 0.290. The first kappa shape index (κ1) is 17.9. The van der Waals surface area contributed by atoms with Gasteiger partial charge >= 0.3 is 0 Å². The van der Waals surface area contributed by atoms with Crippen molar-refractivity contribution in [1.29, 1.82) is 0 Å². The molecule has 0 unspecified atom stereocenters. The van der Waals surface area contributed by atoms with E-state index >= 15 is 0 Å². The summed E-state index contributed by atoms with van der Waals surface area (Å²) in [7, 11) is 0. The number of aromatic nitrogens is 2. The first-order chi connectivity index (χ1) is 13.1. The molecule has 134 valence electrons. The van der Waals surface area contributed by atoms with Crippen LogP contribution in [0.15, 0.2) is 66.9 Å². The van der Waals surface area contributed by atoms with Crippen molar-refractivity contribution in [3.8, 4) is 0 Å². The van der Waals surface area contributed by atoms with Crippen LogP contribution >= 0.6 is 34.5 Å². The predicted molar refractivity (Wildman–Crippen MR) is 111 cm³/mol. The molecule has 1 amide bonds. The van der Waals surface area contributed by atoms with Crippen LogP contribution in [0.1, 0.15) is 16.1 Å². The van der Waals surface area contributed by atoms with Gasteiger partial charge in [-0.1, -0.05) is 52.7 Å². The zero-order chi connectivity index (χ0) is 18.8. The van der Waals surface area contributed by atoms with Crippen LogP contribution in [0.25, 0.3) is 10.2 Å². The lowest BCUT2D eigenvalue weighted by molar-refractivity contribution is 0.0985. The highest BCUT2D eigenvalue weighted by Gasteiger charge is 2.23. The Hall–Kier alpha value is -2.47. The minimum absolute atomic E-state index is 0.226. The number of amides is 1. The van der Waals surface area contributed by atoms with Crippen LogP contribution in [0.2, 0.25) is 10.0 Å². The summed E-state index contributed by atoms with van der Waals surface area (Å²) in [6.07, 6.45) is 1.70. The van der Waals surface area contributed by atoms with Gasteiger partial charge in [0.05, 0.1) is 33.0 Å². The number of benzene rings is 2. The monoisotopic (exact) mass is 413 g/mol. The van der Waals surface area contributed by atoms with E-state index in [1.807, 2.05) is 30.3 Å². The van der Waals surface area contributed by atoms with Crippen molar-refractivity contribution in [3.05, 3.63) is 88.2 Å². The first-order valence-corrected chi connectivity index (χ1v) is 9.71. The molecule has 27 heavy (non-hydrogen) atoms. The van der Waals surface area contributed by atoms with Crippen molar-refractivity contribution in [2.75, 3.05) is 4.90 Å². The zero-order valence-electron chi connectivity index (χ0n) is 14.0. The van der Waals surface area contributed by atoms with E-state index < -0.39 is 0 Å². The second kappa shape index (κ2) is 7.64. The fourth-order valence-corrected chi connectivity index (χ4v) is 4.12. The van der Waals surface area contributed by atoms with E-state index in [2.05, 4.69) is 9.97 Å². The SMILES string of the molecule is O=C(c1ccccc1Cl)N(Cc1ccccn1)c1nc2ccc(Cl)cc2s1. The molecule has 4 aromatic rings. The molecule has 2 aromatic heterocycles. The normalized spacial score (nSPS) is 10.9. The van der Waals surface area contributed by atoms with E-state index in [0.717, 1.165) is 15.9 Å². The van der Waals surface area contributed by atoms with E-state index in [4.69, 9.17) is 23.2 Å². The minimum atomic E-state index is -0.226. The molecule has 0 spiro atoms. The summed E-state index contributed by atoms with van der Waals surface area (Å²) < 4.78 is 0.912. The maximum atomic E-state index is 13.3. The van der Waals surface area contributed by atoms with Crippen molar-refractivity contribution >= 4 is 55.8 Å². The molecule has 0 bridgehead atoms. The van der Waals surface area contributed by atoms with E-state index in [9.17, 15) is 4.79 Å². The first-order valence-electron chi connectivity index (χ1n) is 8.14. The Morgan fingerprint density at radius 2 is 1.85 bits per heavy atom. The van der Waals surface area contributed by atoms with Crippen LogP contribution in [0, 0.1) is 0 Å². The minimum Gasteiger partial charge on any atom is -0.278 e. The van der Waals surface area contributed by atoms with Crippen LogP contribution < -0.4 is 4.90 Å². The predicted octanol–water partition coefficient (Wildman–Crippen LogP) is 5.85. The Kier molecular flexibility index (Phi) is 5.07. The molecule has 0 atom stereocenters. The van der Waals surface area contributed by atoms with Gasteiger partial charge in [-0.2, -0.15) is 0 Å². The van der Waals surface area contributed by atoms with Crippen LogP contribution in [0.4, 0.5) is 5.13 Å². The second-order valence-electron chi connectivity index (χ2n) is 5.80. The third-order valence-electron chi connectivity index (χ3n) is 3.97. The molecule has 0 fully saturated rings. The number of hydrogen-bond donors (Lipinski definition) is 0. The third kappa shape index (κ3) is 3.81. The highest BCUT2D eigenvalue weighted by Crippen LogP contribution is 2.33. The molecule has 4 rings (SSSR count). The number of hydrogen-bond acceptors (Lipinski definition) is 4. The van der Waals surface area contributed by atoms with Crippen LogP contribution in [-0.4, -0.2) is 15.9 Å². The number of rotatable bonds is 4. The quantitative estimate of drug-likeness (QED) is 0.421. The summed E-state index contributed by atoms with van der Waals surface area (Å²) in [5.41, 5.74) is 1.97. The third-order valence-corrected chi connectivity index (χ3v) is 5.57. The van der Waals surface area contributed by atoms with Gasteiger partial charge in [0.2, 0.25) is 0 Å². The van der Waals surface area contributed by atoms with Gasteiger partial charge in [-0.3, -0.25) is 14.7 Å². The molecule has 0 aliphatic carbocycles. The number of carbonyl (C=O) groups is 1. The van der Waals surface area contributed by atoms with Gasteiger partial charge in [0.1, 0.15) is 0 Å². The fraction of sp³-hybridized carbons (Fsp3) is 0.0500. The van der Waals surface area contributed by atoms with Crippen molar-refractivity contribution in [3.63, 3.8) is 0 Å². The molecule has 0 saturated heterocycles. The Bertz CT molecular complexity index is 1110. The number of thiazole rings is 1. The molecule has 0 N–H and O–H groups in total. The van der Waals surface area contributed by atoms with Crippen LogP contribution in [0.5, 0.6) is 0 Å². The lowest BCUT2D eigenvalue weighted by Gasteiger charge is -2.20. The van der Waals surface area contributed by atoms with E-state index in [-0.39, 0.29) is 5.91 Å². The molecule has 4 nitrogen and oxygen atoms in total. The molecule has 0 aliphatic rings. The Balaban J connectivity index is 1.79. The second-order valence-corrected chi connectivity index (χ2v) is 7.65. The van der Waals surface area contributed by atoms with Gasteiger partial charge < -0.3 is 0 Å². The van der Waals surface area contributed by atoms with Crippen LogP contribution in [0.3, 0.4) is 0 Å². The van der Waals surface area contributed by atoms with Gasteiger partial charge in [0.25, 0.3) is 5.91 Å². The van der Waals surface area contributed by atoms with Gasteiger partial charge in [0, 0.05) is 11.2 Å². The van der Waals surface area contributed by atoms with Gasteiger partial charge in [-0.25, -0.2) is 4.98 Å². The van der Waals surface area contributed by atoms with Crippen molar-refractivity contribution < 1.29 is 4.79 Å². The number of pyridine rings is 1. The molecule has 0 radical (unpaired) electrons. The lowest BCUT2D eigenvalue weighted by atomic mass is 10.2. The average Bonchev–Trinajstić information content (AvgIpc) is 3.09. The number of fused-ring (bicyclic) bond motifs is 1. The summed E-state index contributed by atoms with van der Waals surface area (Å²) in [5, 5.41) is 1.60. The smallest absolute Gasteiger partial charge is 0.261 e. The lowest BCUT2D eigenvalue weighted by Crippen LogP contribution is -2.30. The van der Waals surface area contributed by atoms with E-state index in [1.54, 1.807) is 41.4 Å². The highest BCUT2D eigenvalue weighted by atomic mass is 35.5. The largest absolute Gasteiger partial charge is 0.278 e. The molecular weight excluding hydrogens is 401 g/mol. The number of anilines is 1. The van der Waals surface area contributed by atoms with Crippen molar-refractivity contribution in [1.82, 2.24) is 9.97 Å². The molecule has 0 aliphatic heterocycles. The summed E-state index contributed by atoms with van der Waals surface area (Å²) in [4.78, 5) is 23.8. The van der Waals surface area contributed by atoms with E-state index in [0.29, 0.717) is 27.3 Å². The number of halogens is 2. The zero-order valence-corrected chi connectivity index (χ0v) is 16.3. The Labute approximate surface area is 170 Å². The van der Waals surface area contributed by atoms with Gasteiger partial charge in [0.15, 0.2) is 5.13 Å². The summed E-state index contributed by atoms with van der Waals surface area (Å²) in [6, 6.07) is 18.1. The van der Waals surface area contributed by atoms with Crippen LogP contribution in [-0.2, 0) is 6.54 Å². The molecule has 2 aromatic carbocycles. The summed E-state index contributed by atoms with van der Waals surface area (Å²) >= 11 is 13.7. The number of nitrogens with zero attached hydrogens (tertiary/aromatic N) is 3. The highest BCUT2D eigenvalue weighted by molar-refractivity contribution is 7.22.